The van der Waals surface area contributed by atoms with Gasteiger partial charge in [-0.1, -0.05) is 152 Å². The van der Waals surface area contributed by atoms with Gasteiger partial charge in [-0.3, -0.25) is 4.79 Å². The summed E-state index contributed by atoms with van der Waals surface area (Å²) in [6.45, 7) is 3.60. The van der Waals surface area contributed by atoms with Crippen LogP contribution in [0.15, 0.2) is 152 Å². The van der Waals surface area contributed by atoms with E-state index in [9.17, 15) is 4.79 Å². The summed E-state index contributed by atoms with van der Waals surface area (Å²) in [4.78, 5) is 13.9. The minimum absolute atomic E-state index is 0.0363. The fraction of sp³-hybridized carbons (Fsp3) is 0.279. The molecule has 1 aliphatic heterocycles. The Morgan fingerprint density at radius 2 is 0.959 bits per heavy atom. The first-order chi connectivity index (χ1) is 24.1. The van der Waals surface area contributed by atoms with Gasteiger partial charge >= 0.3 is 0 Å². The molecule has 1 fully saturated rings. The van der Waals surface area contributed by atoms with Crippen molar-refractivity contribution >= 4 is 5.78 Å². The Morgan fingerprint density at radius 1 is 0.551 bits per heavy atom. The first kappa shape index (κ1) is 34.4. The molecule has 5 atom stereocenters. The molecule has 252 valence electrons. The minimum atomic E-state index is -1.07. The average molecular weight is 657 g/mol. The second-order valence-electron chi connectivity index (χ2n) is 12.7. The molecule has 0 radical (unpaired) electrons. The zero-order valence-electron chi connectivity index (χ0n) is 27.9. The van der Waals surface area contributed by atoms with Crippen LogP contribution in [0.5, 0.6) is 0 Å². The molecule has 0 unspecified atom stereocenters. The van der Waals surface area contributed by atoms with Gasteiger partial charge in [0.1, 0.15) is 30.0 Å². The Bertz CT molecular complexity index is 1680. The lowest BCUT2D eigenvalue weighted by Gasteiger charge is -2.51. The molecule has 0 amide bonds. The van der Waals surface area contributed by atoms with Crippen LogP contribution in [0.2, 0.25) is 0 Å². The van der Waals surface area contributed by atoms with Gasteiger partial charge in [0.15, 0.2) is 5.78 Å². The normalized spacial score (nSPS) is 22.1. The number of rotatable bonds is 16. The highest BCUT2D eigenvalue weighted by molar-refractivity contribution is 5.96. The summed E-state index contributed by atoms with van der Waals surface area (Å²) in [5.41, 5.74) is 3.67. The van der Waals surface area contributed by atoms with Crippen LogP contribution in [0.25, 0.3) is 0 Å². The van der Waals surface area contributed by atoms with E-state index < -0.39 is 30.0 Å². The highest BCUT2D eigenvalue weighted by Crippen LogP contribution is 2.39. The maximum atomic E-state index is 13.9. The number of carbonyl (C=O) groups is 1. The van der Waals surface area contributed by atoms with Crippen LogP contribution in [0, 0.1) is 0 Å². The number of ether oxygens (including phenoxy) is 5. The van der Waals surface area contributed by atoms with Gasteiger partial charge in [-0.05, 0) is 29.2 Å². The predicted octanol–water partition coefficient (Wildman–Crippen LogP) is 8.39. The van der Waals surface area contributed by atoms with Crippen molar-refractivity contribution in [3.8, 4) is 0 Å². The highest BCUT2D eigenvalue weighted by atomic mass is 16.6. The molecule has 0 spiro atoms. The second-order valence-corrected chi connectivity index (χ2v) is 12.7. The van der Waals surface area contributed by atoms with Gasteiger partial charge in [0.2, 0.25) is 0 Å². The maximum Gasteiger partial charge on any atom is 0.165 e. The number of hydrogen-bond acceptors (Lipinski definition) is 6. The fourth-order valence-corrected chi connectivity index (χ4v) is 6.34. The molecule has 0 aromatic heterocycles. The van der Waals surface area contributed by atoms with Crippen LogP contribution >= 0.6 is 0 Å². The minimum Gasteiger partial charge on any atom is -0.374 e. The molecule has 0 bridgehead atoms. The molecule has 1 heterocycles. The van der Waals surface area contributed by atoms with E-state index in [1.165, 1.54) is 0 Å². The van der Waals surface area contributed by atoms with Crippen molar-refractivity contribution in [3.05, 3.63) is 179 Å². The lowest BCUT2D eigenvalue weighted by atomic mass is 9.81. The van der Waals surface area contributed by atoms with E-state index in [1.807, 2.05) is 159 Å². The average Bonchev–Trinajstić information content (AvgIpc) is 3.15. The van der Waals surface area contributed by atoms with Crippen molar-refractivity contribution in [2.45, 2.75) is 69.8 Å². The molecule has 49 heavy (non-hydrogen) atoms. The largest absolute Gasteiger partial charge is 0.374 e. The topological polar surface area (TPSA) is 63.2 Å². The molecule has 1 saturated heterocycles. The van der Waals surface area contributed by atoms with Gasteiger partial charge in [0, 0.05) is 12.0 Å². The quantitative estimate of drug-likeness (QED) is 0.0995. The Balaban J connectivity index is 1.35. The van der Waals surface area contributed by atoms with Crippen molar-refractivity contribution in [2.24, 2.45) is 0 Å². The van der Waals surface area contributed by atoms with E-state index in [2.05, 4.69) is 0 Å². The molecule has 5 aromatic carbocycles. The fourth-order valence-electron chi connectivity index (χ4n) is 6.34. The van der Waals surface area contributed by atoms with Crippen molar-refractivity contribution in [1.29, 1.82) is 0 Å². The van der Waals surface area contributed by atoms with Crippen LogP contribution in [0.1, 0.15) is 46.0 Å². The van der Waals surface area contributed by atoms with Gasteiger partial charge in [-0.2, -0.15) is 0 Å². The highest BCUT2D eigenvalue weighted by Gasteiger charge is 2.55. The Kier molecular flexibility index (Phi) is 12.2. The summed E-state index contributed by atoms with van der Waals surface area (Å²) < 4.78 is 33.7. The third kappa shape index (κ3) is 9.60. The van der Waals surface area contributed by atoms with Crippen LogP contribution in [0.4, 0.5) is 0 Å². The van der Waals surface area contributed by atoms with Crippen molar-refractivity contribution in [1.82, 2.24) is 0 Å². The van der Waals surface area contributed by atoms with Crippen molar-refractivity contribution in [2.75, 3.05) is 6.61 Å². The lowest BCUT2D eigenvalue weighted by Crippen LogP contribution is -2.66. The third-order valence-electron chi connectivity index (χ3n) is 8.86. The summed E-state index contributed by atoms with van der Waals surface area (Å²) in [5, 5.41) is 0. The van der Waals surface area contributed by atoms with Gasteiger partial charge < -0.3 is 23.7 Å². The van der Waals surface area contributed by atoms with E-state index in [-0.39, 0.29) is 18.8 Å². The summed E-state index contributed by atoms with van der Waals surface area (Å²) in [6.07, 6.45) is -2.29. The van der Waals surface area contributed by atoms with Gasteiger partial charge in [0.25, 0.3) is 0 Å². The van der Waals surface area contributed by atoms with E-state index >= 15 is 0 Å². The number of Topliss-reactive ketones (excluding diaryl/α,β-unsaturated/α-hetero) is 1. The molecule has 0 aliphatic carbocycles. The SMILES string of the molecule is C[C@]1(CC(=O)c2ccccc2)O[C@H](COCc2ccccc2)[C@@H](OCc2ccccc2)[C@H](OCc2ccccc2)[C@H]1OCc1ccccc1. The lowest BCUT2D eigenvalue weighted by molar-refractivity contribution is -0.302. The molecule has 5 aromatic rings. The smallest absolute Gasteiger partial charge is 0.165 e. The monoisotopic (exact) mass is 656 g/mol. The molecule has 6 heteroatoms. The van der Waals surface area contributed by atoms with E-state index in [0.29, 0.717) is 32.0 Å². The van der Waals surface area contributed by atoms with Crippen LogP contribution in [-0.4, -0.2) is 42.4 Å². The predicted molar refractivity (Wildman–Crippen MR) is 190 cm³/mol. The first-order valence-electron chi connectivity index (χ1n) is 16.9. The molecule has 0 N–H and O–H groups in total. The van der Waals surface area contributed by atoms with Gasteiger partial charge in [-0.25, -0.2) is 0 Å². The van der Waals surface area contributed by atoms with Gasteiger partial charge in [0.05, 0.1) is 33.0 Å². The number of ketones is 1. The molecule has 6 nitrogen and oxygen atoms in total. The maximum absolute atomic E-state index is 13.9. The van der Waals surface area contributed by atoms with Gasteiger partial charge in [-0.15, -0.1) is 0 Å². The van der Waals surface area contributed by atoms with Crippen molar-refractivity contribution < 1.29 is 28.5 Å². The second kappa shape index (κ2) is 17.3. The summed E-state index contributed by atoms with van der Waals surface area (Å²) in [6, 6.07) is 49.5. The molecule has 1 aliphatic rings. The number of benzene rings is 5. The van der Waals surface area contributed by atoms with Crippen LogP contribution in [0.3, 0.4) is 0 Å². The third-order valence-corrected chi connectivity index (χ3v) is 8.86. The van der Waals surface area contributed by atoms with E-state index in [0.717, 1.165) is 22.3 Å². The molecular formula is C43H44O6. The Labute approximate surface area is 289 Å². The number of hydrogen-bond donors (Lipinski definition) is 0. The van der Waals surface area contributed by atoms with Crippen molar-refractivity contribution in [3.63, 3.8) is 0 Å². The molecule has 6 rings (SSSR count). The molecule has 0 saturated carbocycles. The summed E-state index contributed by atoms with van der Waals surface area (Å²) in [7, 11) is 0. The Morgan fingerprint density at radius 3 is 1.45 bits per heavy atom. The summed E-state index contributed by atoms with van der Waals surface area (Å²) >= 11 is 0. The zero-order valence-corrected chi connectivity index (χ0v) is 27.9. The molecular weight excluding hydrogens is 612 g/mol. The number of carbonyl (C=O) groups excluding carboxylic acids is 1. The van der Waals surface area contributed by atoms with E-state index in [4.69, 9.17) is 23.7 Å². The van der Waals surface area contributed by atoms with Crippen LogP contribution < -0.4 is 0 Å². The van der Waals surface area contributed by atoms with E-state index in [1.54, 1.807) is 0 Å². The zero-order chi connectivity index (χ0) is 33.7. The Hall–Kier alpha value is -4.43. The van der Waals surface area contributed by atoms with Crippen LogP contribution in [-0.2, 0) is 50.1 Å². The summed E-state index contributed by atoms with van der Waals surface area (Å²) in [5.74, 6) is -0.0363. The standard InChI is InChI=1S/C43H44O6/c1-43(27-38(44)37-25-15-6-16-26-37)42(48-31-36-23-13-5-14-24-36)41(47-30-35-21-11-4-12-22-35)40(46-29-34-19-9-3-10-20-34)39(49-43)32-45-28-33-17-7-2-8-18-33/h2-26,39-42H,27-32H2,1H3/t39-,40-,41+,42-,43-/m1/s1. The first-order valence-corrected chi connectivity index (χ1v) is 16.9.